The fraction of sp³-hybridized carbons (Fsp3) is 0.217. The summed E-state index contributed by atoms with van der Waals surface area (Å²) in [6.07, 6.45) is -5.13. The minimum absolute atomic E-state index is 0.131. The maximum absolute atomic E-state index is 14.2. The van der Waals surface area contributed by atoms with Crippen LogP contribution < -0.4 is 5.43 Å². The number of benzene rings is 2. The predicted octanol–water partition coefficient (Wildman–Crippen LogP) is 5.93. The first-order valence-electron chi connectivity index (χ1n) is 9.91. The Morgan fingerprint density at radius 1 is 0.971 bits per heavy atom. The molecule has 0 bridgehead atoms. The molecule has 2 aromatic carbocycles. The van der Waals surface area contributed by atoms with Gasteiger partial charge in [0, 0.05) is 33.7 Å². The molecule has 2 atom stereocenters. The van der Waals surface area contributed by atoms with Crippen LogP contribution in [-0.2, 0) is 16.3 Å². The molecule has 0 fully saturated rings. The van der Waals surface area contributed by atoms with Gasteiger partial charge in [-0.3, -0.25) is 9.63 Å². The first kappa shape index (κ1) is 24.3. The van der Waals surface area contributed by atoms with E-state index in [-0.39, 0.29) is 16.3 Å². The van der Waals surface area contributed by atoms with Crippen LogP contribution >= 0.6 is 11.6 Å². The molecule has 0 amide bonds. The molecule has 0 spiro atoms. The number of halogens is 6. The minimum atomic E-state index is -5.82. The summed E-state index contributed by atoms with van der Waals surface area (Å²) in [5.41, 5.74) is 0.715. The number of hydrogen-bond donors (Lipinski definition) is 1. The third-order valence-electron chi connectivity index (χ3n) is 5.53. The van der Waals surface area contributed by atoms with E-state index in [1.165, 1.54) is 24.5 Å². The highest BCUT2D eigenvalue weighted by molar-refractivity contribution is 7.84. The Morgan fingerprint density at radius 3 is 2.32 bits per heavy atom. The fourth-order valence-electron chi connectivity index (χ4n) is 3.84. The Bertz CT molecular complexity index is 1300. The molecule has 1 N–H and O–H groups in total. The highest BCUT2D eigenvalue weighted by atomic mass is 35.5. The lowest BCUT2D eigenvalue weighted by Crippen LogP contribution is -2.45. The summed E-state index contributed by atoms with van der Waals surface area (Å²) in [5, 5.41) is 3.56. The Balaban J connectivity index is 1.88. The van der Waals surface area contributed by atoms with Gasteiger partial charge in [-0.1, -0.05) is 54.1 Å². The van der Waals surface area contributed by atoms with Gasteiger partial charge in [0.15, 0.2) is 0 Å². The number of alkyl halides is 5. The van der Waals surface area contributed by atoms with Gasteiger partial charge in [0.05, 0.1) is 22.2 Å². The van der Waals surface area contributed by atoms with Gasteiger partial charge in [0.2, 0.25) is 0 Å². The van der Waals surface area contributed by atoms with Crippen LogP contribution in [0.5, 0.6) is 0 Å². The highest BCUT2D eigenvalue weighted by Gasteiger charge is 2.64. The van der Waals surface area contributed by atoms with Gasteiger partial charge < -0.3 is 0 Å². The van der Waals surface area contributed by atoms with Crippen molar-refractivity contribution in [2.75, 3.05) is 6.26 Å². The smallest absolute Gasteiger partial charge is 0.293 e. The van der Waals surface area contributed by atoms with E-state index < -0.39 is 40.6 Å². The summed E-state index contributed by atoms with van der Waals surface area (Å²) in [6.45, 7) is 0. The van der Waals surface area contributed by atoms with Crippen LogP contribution in [0.4, 0.5) is 22.0 Å². The van der Waals surface area contributed by atoms with Crippen molar-refractivity contribution in [3.63, 3.8) is 0 Å². The Morgan fingerprint density at radius 2 is 1.65 bits per heavy atom. The maximum atomic E-state index is 14.2. The van der Waals surface area contributed by atoms with Crippen LogP contribution in [0.1, 0.15) is 17.7 Å². The largest absolute Gasteiger partial charge is 0.459 e. The topological polar surface area (TPSA) is 54.4 Å². The summed E-state index contributed by atoms with van der Waals surface area (Å²) in [5.74, 6) is -5.15. The second-order valence-electron chi connectivity index (χ2n) is 7.66. The second-order valence-corrected chi connectivity index (χ2v) is 9.42. The molecular weight excluding hydrogens is 497 g/mol. The Kier molecular flexibility index (Phi) is 6.24. The van der Waals surface area contributed by atoms with Crippen LogP contribution in [-0.4, -0.2) is 33.3 Å². The molecule has 3 aromatic rings. The van der Waals surface area contributed by atoms with Crippen molar-refractivity contribution in [1.82, 2.24) is 10.4 Å². The van der Waals surface area contributed by atoms with Gasteiger partial charge in [-0.15, -0.1) is 0 Å². The van der Waals surface area contributed by atoms with E-state index in [0.29, 0.717) is 16.2 Å². The van der Waals surface area contributed by atoms with Crippen molar-refractivity contribution in [3.8, 4) is 11.3 Å². The number of rotatable bonds is 5. The van der Waals surface area contributed by atoms with E-state index in [9.17, 15) is 26.2 Å². The lowest BCUT2D eigenvalue weighted by Gasteiger charge is -2.31. The maximum Gasteiger partial charge on any atom is 0.459 e. The lowest BCUT2D eigenvalue weighted by molar-refractivity contribution is -0.249. The Hall–Kier alpha value is -2.85. The zero-order valence-corrected chi connectivity index (χ0v) is 19.1. The van der Waals surface area contributed by atoms with Crippen LogP contribution in [0.2, 0.25) is 5.02 Å². The number of hydrogen-bond acceptors (Lipinski definition) is 4. The summed E-state index contributed by atoms with van der Waals surface area (Å²) in [4.78, 5) is 5.08. The number of hydrazone groups is 1. The summed E-state index contributed by atoms with van der Waals surface area (Å²) >= 11 is 6.35. The van der Waals surface area contributed by atoms with E-state index in [1.54, 1.807) is 48.5 Å². The molecule has 11 heteroatoms. The Labute approximate surface area is 199 Å². The second kappa shape index (κ2) is 8.74. The van der Waals surface area contributed by atoms with Crippen molar-refractivity contribution in [2.45, 2.75) is 29.0 Å². The molecule has 2 heterocycles. The molecule has 1 aromatic heterocycles. The number of nitrogens with one attached hydrogen (secondary N) is 1. The number of aromatic nitrogens is 1. The third-order valence-corrected chi connectivity index (χ3v) is 6.83. The minimum Gasteiger partial charge on any atom is -0.293 e. The van der Waals surface area contributed by atoms with Gasteiger partial charge in [-0.05, 0) is 24.3 Å². The first-order valence-corrected chi connectivity index (χ1v) is 11.8. The standard InChI is InChI=1S/C23H17ClF5N3OS/c1-34(33)18-11-5-2-7-14(18)17-10-6-12-19(30-17)21(15-8-3-4-9-16(15)24)13-20(31-32-21)22(25,26)23(27,28)29/h2-12,32H,13H2,1H3. The fourth-order valence-corrected chi connectivity index (χ4v) is 4.89. The lowest BCUT2D eigenvalue weighted by atomic mass is 9.81. The van der Waals surface area contributed by atoms with Crippen LogP contribution in [0, 0.1) is 0 Å². The monoisotopic (exact) mass is 513 g/mol. The van der Waals surface area contributed by atoms with Crippen molar-refractivity contribution in [2.24, 2.45) is 5.10 Å². The third kappa shape index (κ3) is 4.09. The van der Waals surface area contributed by atoms with Gasteiger partial charge in [-0.25, -0.2) is 4.98 Å². The summed E-state index contributed by atoms with van der Waals surface area (Å²) in [7, 11) is -1.35. The van der Waals surface area contributed by atoms with Gasteiger partial charge in [0.25, 0.3) is 0 Å². The quantitative estimate of drug-likeness (QED) is 0.430. The molecule has 0 saturated heterocycles. The zero-order chi connectivity index (χ0) is 24.7. The summed E-state index contributed by atoms with van der Waals surface area (Å²) in [6, 6.07) is 17.7. The summed E-state index contributed by atoms with van der Waals surface area (Å²) < 4.78 is 79.9. The van der Waals surface area contributed by atoms with Gasteiger partial charge >= 0.3 is 12.1 Å². The first-order chi connectivity index (χ1) is 16.0. The average molecular weight is 514 g/mol. The molecular formula is C23H17ClF5N3OS. The van der Waals surface area contributed by atoms with Crippen LogP contribution in [0.3, 0.4) is 0 Å². The van der Waals surface area contributed by atoms with Crippen molar-refractivity contribution >= 4 is 28.1 Å². The van der Waals surface area contributed by atoms with Gasteiger partial charge in [0.1, 0.15) is 11.3 Å². The van der Waals surface area contributed by atoms with E-state index >= 15 is 0 Å². The molecule has 0 aliphatic carbocycles. The van der Waals surface area contributed by atoms with E-state index in [0.717, 1.165) is 0 Å². The average Bonchev–Trinajstić information content (AvgIpc) is 3.26. The molecule has 1 aliphatic heterocycles. The van der Waals surface area contributed by atoms with Crippen molar-refractivity contribution in [3.05, 3.63) is 83.0 Å². The van der Waals surface area contributed by atoms with E-state index in [2.05, 4.69) is 15.5 Å². The van der Waals surface area contributed by atoms with E-state index in [1.807, 2.05) is 0 Å². The molecule has 4 rings (SSSR count). The molecule has 2 unspecified atom stereocenters. The zero-order valence-electron chi connectivity index (χ0n) is 17.5. The SMILES string of the molecule is CS(=O)c1ccccc1-c1cccc(C2(c3ccccc3Cl)CC(C(F)(F)C(F)(F)F)=NN2)n1. The molecule has 4 nitrogen and oxygen atoms in total. The molecule has 0 radical (unpaired) electrons. The van der Waals surface area contributed by atoms with Crippen molar-refractivity contribution < 1.29 is 26.2 Å². The van der Waals surface area contributed by atoms with Crippen LogP contribution in [0.15, 0.2) is 76.7 Å². The highest BCUT2D eigenvalue weighted by Crippen LogP contribution is 2.46. The molecule has 34 heavy (non-hydrogen) atoms. The molecule has 178 valence electrons. The van der Waals surface area contributed by atoms with E-state index in [4.69, 9.17) is 11.6 Å². The molecule has 1 aliphatic rings. The normalized spacial score (nSPS) is 19.4. The predicted molar refractivity (Wildman–Crippen MR) is 120 cm³/mol. The van der Waals surface area contributed by atoms with Crippen molar-refractivity contribution in [1.29, 1.82) is 0 Å². The molecule has 0 saturated carbocycles. The van der Waals surface area contributed by atoms with Crippen LogP contribution in [0.25, 0.3) is 11.3 Å². The van der Waals surface area contributed by atoms with Gasteiger partial charge in [-0.2, -0.15) is 27.1 Å². The number of nitrogens with zero attached hydrogens (tertiary/aromatic N) is 2. The number of pyridine rings is 1.